The van der Waals surface area contributed by atoms with Crippen LogP contribution >= 0.6 is 0 Å². The second-order valence-corrected chi connectivity index (χ2v) is 7.37. The van der Waals surface area contributed by atoms with Crippen molar-refractivity contribution in [2.75, 3.05) is 18.0 Å². The lowest BCUT2D eigenvalue weighted by atomic mass is 9.85. The topological polar surface area (TPSA) is 35.8 Å². The van der Waals surface area contributed by atoms with Crippen LogP contribution in [0.1, 0.15) is 39.7 Å². The summed E-state index contributed by atoms with van der Waals surface area (Å²) in [5.74, 6) is 1.28. The number of rotatable bonds is 2. The molecule has 0 bridgehead atoms. The average Bonchev–Trinajstić information content (AvgIpc) is 2.58. The van der Waals surface area contributed by atoms with Crippen LogP contribution in [0.4, 0.5) is 5.69 Å². The molecule has 0 fully saturated rings. The Hall–Kier alpha value is -1.35. The maximum atomic E-state index is 11.3. The molecule has 3 nitrogen and oxygen atoms in total. The molecule has 1 atom stereocenters. The van der Waals surface area contributed by atoms with Crippen molar-refractivity contribution in [3.63, 3.8) is 0 Å². The fraction of sp³-hybridized carbons (Fsp3) is 0.588. The van der Waals surface area contributed by atoms with Gasteiger partial charge in [0.1, 0.15) is 11.4 Å². The number of fused-ring (bicyclic) bond motifs is 3. The molecule has 0 saturated carbocycles. The molecule has 0 saturated heterocycles. The van der Waals surface area contributed by atoms with E-state index in [1.807, 2.05) is 18.2 Å². The molecule has 1 N–H and O–H groups in total. The number of aliphatic imine (C=N–C) groups is 1. The highest BCUT2D eigenvalue weighted by Crippen LogP contribution is 2.46. The van der Waals surface area contributed by atoms with E-state index in [2.05, 4.69) is 38.7 Å². The van der Waals surface area contributed by atoms with Gasteiger partial charge in [0.2, 0.25) is 0 Å². The molecule has 2 heterocycles. The maximum Gasteiger partial charge on any atom is 0.149 e. The summed E-state index contributed by atoms with van der Waals surface area (Å²) in [6.07, 6.45) is 0.722. The number of hydrogen-bond donors (Lipinski definition) is 1. The number of amidine groups is 1. The SMILES string of the molecule is CC(C)CC1(O)C2=NCC(C)(C)CN2c2ccccc21. The third kappa shape index (κ3) is 1.96. The molecule has 2 aliphatic heterocycles. The van der Waals surface area contributed by atoms with Gasteiger partial charge in [0.25, 0.3) is 0 Å². The largest absolute Gasteiger partial charge is 0.377 e. The molecule has 0 radical (unpaired) electrons. The molecule has 3 rings (SSSR count). The van der Waals surface area contributed by atoms with Crippen LogP contribution in [-0.2, 0) is 5.60 Å². The number of hydrogen-bond acceptors (Lipinski definition) is 3. The van der Waals surface area contributed by atoms with Gasteiger partial charge in [-0.3, -0.25) is 4.99 Å². The van der Waals surface area contributed by atoms with Crippen LogP contribution in [0.5, 0.6) is 0 Å². The standard InChI is InChI=1S/C17H24N2O/c1-12(2)9-17(20)13-7-5-6-8-14(13)19-11-16(3,4)10-18-15(17)19/h5-8,12,20H,9-11H2,1-4H3. The number of nitrogens with zero attached hydrogens (tertiary/aromatic N) is 2. The van der Waals surface area contributed by atoms with Gasteiger partial charge in [0.05, 0.1) is 0 Å². The van der Waals surface area contributed by atoms with Gasteiger partial charge in [-0.25, -0.2) is 0 Å². The first-order valence-corrected chi connectivity index (χ1v) is 7.48. The number of benzene rings is 1. The van der Waals surface area contributed by atoms with Crippen LogP contribution in [0.25, 0.3) is 0 Å². The van der Waals surface area contributed by atoms with Gasteiger partial charge in [-0.05, 0) is 18.4 Å². The second-order valence-electron chi connectivity index (χ2n) is 7.37. The lowest BCUT2D eigenvalue weighted by molar-refractivity contribution is 0.0883. The molecule has 20 heavy (non-hydrogen) atoms. The van der Waals surface area contributed by atoms with Crippen molar-refractivity contribution in [2.24, 2.45) is 16.3 Å². The Labute approximate surface area is 121 Å². The fourth-order valence-electron chi connectivity index (χ4n) is 3.45. The smallest absolute Gasteiger partial charge is 0.149 e. The van der Waals surface area contributed by atoms with Crippen molar-refractivity contribution < 1.29 is 5.11 Å². The molecular formula is C17H24N2O. The van der Waals surface area contributed by atoms with Crippen molar-refractivity contribution in [1.82, 2.24) is 0 Å². The summed E-state index contributed by atoms with van der Waals surface area (Å²) in [5, 5.41) is 11.3. The summed E-state index contributed by atoms with van der Waals surface area (Å²) in [7, 11) is 0. The van der Waals surface area contributed by atoms with E-state index in [0.29, 0.717) is 5.92 Å². The van der Waals surface area contributed by atoms with Gasteiger partial charge in [0, 0.05) is 29.8 Å². The number of aliphatic hydroxyl groups is 1. The van der Waals surface area contributed by atoms with Crippen LogP contribution in [-0.4, -0.2) is 24.0 Å². The Bertz CT molecular complexity index is 562. The Balaban J connectivity index is 2.14. The summed E-state index contributed by atoms with van der Waals surface area (Å²) in [6, 6.07) is 8.20. The first-order chi connectivity index (χ1) is 9.33. The zero-order chi connectivity index (χ0) is 14.5. The van der Waals surface area contributed by atoms with Gasteiger partial charge in [-0.2, -0.15) is 0 Å². The quantitative estimate of drug-likeness (QED) is 0.897. The second kappa shape index (κ2) is 4.32. The fourth-order valence-corrected chi connectivity index (χ4v) is 3.45. The van der Waals surface area contributed by atoms with Crippen molar-refractivity contribution in [2.45, 2.75) is 39.7 Å². The average molecular weight is 272 g/mol. The van der Waals surface area contributed by atoms with Gasteiger partial charge >= 0.3 is 0 Å². The summed E-state index contributed by atoms with van der Waals surface area (Å²) in [5.41, 5.74) is 1.38. The highest BCUT2D eigenvalue weighted by Gasteiger charge is 2.50. The van der Waals surface area contributed by atoms with Gasteiger partial charge in [0.15, 0.2) is 0 Å². The molecule has 0 spiro atoms. The van der Waals surface area contributed by atoms with E-state index in [0.717, 1.165) is 36.6 Å². The molecular weight excluding hydrogens is 248 g/mol. The normalized spacial score (nSPS) is 27.3. The third-order valence-electron chi connectivity index (χ3n) is 4.21. The van der Waals surface area contributed by atoms with Crippen LogP contribution in [0.2, 0.25) is 0 Å². The predicted molar refractivity (Wildman–Crippen MR) is 83.2 cm³/mol. The Morgan fingerprint density at radius 2 is 2.00 bits per heavy atom. The highest BCUT2D eigenvalue weighted by atomic mass is 16.3. The predicted octanol–water partition coefficient (Wildman–Crippen LogP) is 3.18. The maximum absolute atomic E-state index is 11.3. The molecule has 0 aliphatic carbocycles. The Morgan fingerprint density at radius 1 is 1.30 bits per heavy atom. The number of anilines is 1. The minimum absolute atomic E-state index is 0.152. The molecule has 0 aromatic heterocycles. The van der Waals surface area contributed by atoms with E-state index in [1.54, 1.807) is 0 Å². The minimum Gasteiger partial charge on any atom is -0.377 e. The monoisotopic (exact) mass is 272 g/mol. The summed E-state index contributed by atoms with van der Waals surface area (Å²) in [6.45, 7) is 10.5. The van der Waals surface area contributed by atoms with Crippen molar-refractivity contribution in [3.05, 3.63) is 29.8 Å². The van der Waals surface area contributed by atoms with E-state index >= 15 is 0 Å². The molecule has 1 aromatic carbocycles. The van der Waals surface area contributed by atoms with Crippen LogP contribution < -0.4 is 4.90 Å². The first kappa shape index (κ1) is 13.6. The Kier molecular flexibility index (Phi) is 2.94. The van der Waals surface area contributed by atoms with Crippen molar-refractivity contribution in [3.8, 4) is 0 Å². The molecule has 2 aliphatic rings. The lowest BCUT2D eigenvalue weighted by Crippen LogP contribution is -2.49. The molecule has 1 aromatic rings. The summed E-state index contributed by atoms with van der Waals surface area (Å²) < 4.78 is 0. The van der Waals surface area contributed by atoms with Gasteiger partial charge < -0.3 is 10.0 Å². The first-order valence-electron chi connectivity index (χ1n) is 7.48. The zero-order valence-electron chi connectivity index (χ0n) is 12.8. The van der Waals surface area contributed by atoms with E-state index in [9.17, 15) is 5.11 Å². The van der Waals surface area contributed by atoms with Crippen LogP contribution in [0, 0.1) is 11.3 Å². The van der Waals surface area contributed by atoms with Gasteiger partial charge in [-0.1, -0.05) is 45.9 Å². The van der Waals surface area contributed by atoms with E-state index < -0.39 is 5.60 Å². The highest BCUT2D eigenvalue weighted by molar-refractivity contribution is 6.10. The minimum atomic E-state index is -0.915. The van der Waals surface area contributed by atoms with E-state index in [1.165, 1.54) is 0 Å². The molecule has 0 amide bonds. The lowest BCUT2D eigenvalue weighted by Gasteiger charge is -2.38. The molecule has 1 unspecified atom stereocenters. The molecule has 3 heteroatoms. The van der Waals surface area contributed by atoms with E-state index in [4.69, 9.17) is 4.99 Å². The Morgan fingerprint density at radius 3 is 2.70 bits per heavy atom. The van der Waals surface area contributed by atoms with Crippen LogP contribution in [0.15, 0.2) is 29.3 Å². The third-order valence-corrected chi connectivity index (χ3v) is 4.21. The zero-order valence-corrected chi connectivity index (χ0v) is 12.8. The summed E-state index contributed by atoms with van der Waals surface area (Å²) in [4.78, 5) is 6.98. The number of para-hydroxylation sites is 1. The van der Waals surface area contributed by atoms with Crippen molar-refractivity contribution >= 4 is 11.5 Å². The van der Waals surface area contributed by atoms with E-state index in [-0.39, 0.29) is 5.41 Å². The molecule has 108 valence electrons. The van der Waals surface area contributed by atoms with Gasteiger partial charge in [-0.15, -0.1) is 0 Å². The van der Waals surface area contributed by atoms with Crippen LogP contribution in [0.3, 0.4) is 0 Å². The summed E-state index contributed by atoms with van der Waals surface area (Å²) >= 11 is 0. The van der Waals surface area contributed by atoms with Crippen molar-refractivity contribution in [1.29, 1.82) is 0 Å².